The van der Waals surface area contributed by atoms with Crippen molar-refractivity contribution < 1.29 is 17.9 Å². The van der Waals surface area contributed by atoms with Crippen molar-refractivity contribution in [3.8, 4) is 27.7 Å². The van der Waals surface area contributed by atoms with Crippen LogP contribution >= 0.6 is 22.9 Å². The van der Waals surface area contributed by atoms with Gasteiger partial charge in [-0.25, -0.2) is 4.98 Å². The smallest absolute Gasteiger partial charge is 0.406 e. The summed E-state index contributed by atoms with van der Waals surface area (Å²) in [5, 5.41) is 2.48. The highest BCUT2D eigenvalue weighted by Gasteiger charge is 2.31. The number of halogens is 4. The number of thiophene rings is 1. The first-order valence-electron chi connectivity index (χ1n) is 6.07. The van der Waals surface area contributed by atoms with Crippen LogP contribution in [0.1, 0.15) is 0 Å². The Bertz CT molecular complexity index is 780. The third kappa shape index (κ3) is 3.26. The molecule has 0 aliphatic heterocycles. The molecule has 0 atom stereocenters. The van der Waals surface area contributed by atoms with E-state index in [2.05, 4.69) is 14.7 Å². The number of alkyl halides is 3. The maximum Gasteiger partial charge on any atom is 0.573 e. The fourth-order valence-corrected chi connectivity index (χ4v) is 3.01. The second-order valence-corrected chi connectivity index (χ2v) is 5.64. The van der Waals surface area contributed by atoms with E-state index >= 15 is 0 Å². The van der Waals surface area contributed by atoms with Crippen LogP contribution in [0, 0.1) is 0 Å². The van der Waals surface area contributed by atoms with Crippen molar-refractivity contribution in [1.29, 1.82) is 0 Å². The lowest BCUT2D eigenvalue weighted by Gasteiger charge is -2.08. The summed E-state index contributed by atoms with van der Waals surface area (Å²) in [6.45, 7) is 0. The normalized spacial score (nSPS) is 11.6. The van der Waals surface area contributed by atoms with E-state index in [1.54, 1.807) is 12.3 Å². The summed E-state index contributed by atoms with van der Waals surface area (Å²) in [7, 11) is 0. The van der Waals surface area contributed by atoms with Crippen LogP contribution in [0.2, 0.25) is 5.02 Å². The fourth-order valence-electron chi connectivity index (χ4n) is 1.88. The first kappa shape index (κ1) is 14.9. The summed E-state index contributed by atoms with van der Waals surface area (Å²) in [6.07, 6.45) is -3.07. The molecule has 0 amide bonds. The number of imidazole rings is 1. The van der Waals surface area contributed by atoms with E-state index in [9.17, 15) is 13.2 Å². The second-order valence-electron chi connectivity index (χ2n) is 4.32. The molecule has 22 heavy (non-hydrogen) atoms. The van der Waals surface area contributed by atoms with E-state index in [4.69, 9.17) is 11.6 Å². The highest BCUT2D eigenvalue weighted by Crippen LogP contribution is 2.33. The van der Waals surface area contributed by atoms with Gasteiger partial charge in [0.15, 0.2) is 0 Å². The molecule has 0 radical (unpaired) electrons. The standard InChI is InChI=1S/C14H8ClF3N2OS/c15-10-5-6-22-12(10)11-7-19-13(20-11)8-1-3-9(4-2-8)21-14(16,17)18/h1-7H,(H,19,20). The minimum atomic E-state index is -4.70. The van der Waals surface area contributed by atoms with Crippen LogP contribution in [0.3, 0.4) is 0 Å². The first-order valence-corrected chi connectivity index (χ1v) is 7.33. The van der Waals surface area contributed by atoms with Crippen LogP contribution in [0.4, 0.5) is 13.2 Å². The summed E-state index contributed by atoms with van der Waals surface area (Å²) in [5.41, 5.74) is 1.40. The summed E-state index contributed by atoms with van der Waals surface area (Å²) in [6, 6.07) is 7.26. The van der Waals surface area contributed by atoms with Crippen molar-refractivity contribution in [3.63, 3.8) is 0 Å². The monoisotopic (exact) mass is 344 g/mol. The Morgan fingerprint density at radius 2 is 1.86 bits per heavy atom. The van der Waals surface area contributed by atoms with Crippen molar-refractivity contribution in [2.45, 2.75) is 6.36 Å². The number of aromatic amines is 1. The van der Waals surface area contributed by atoms with E-state index in [1.165, 1.54) is 35.6 Å². The average molecular weight is 345 g/mol. The van der Waals surface area contributed by atoms with Crippen LogP contribution in [0.25, 0.3) is 22.0 Å². The van der Waals surface area contributed by atoms with Gasteiger partial charge < -0.3 is 9.72 Å². The van der Waals surface area contributed by atoms with Gasteiger partial charge in [0, 0.05) is 5.56 Å². The third-order valence-corrected chi connectivity index (χ3v) is 4.17. The molecule has 0 saturated heterocycles. The van der Waals surface area contributed by atoms with E-state index in [1.807, 2.05) is 5.38 Å². The molecule has 2 aromatic heterocycles. The van der Waals surface area contributed by atoms with Crippen molar-refractivity contribution in [2.24, 2.45) is 0 Å². The van der Waals surface area contributed by atoms with Gasteiger partial charge in [0.05, 0.1) is 21.8 Å². The molecular weight excluding hydrogens is 337 g/mol. The molecule has 0 aliphatic rings. The fraction of sp³-hybridized carbons (Fsp3) is 0.0714. The minimum Gasteiger partial charge on any atom is -0.406 e. The van der Waals surface area contributed by atoms with Crippen LogP contribution in [-0.2, 0) is 0 Å². The molecular formula is C14H8ClF3N2OS. The number of nitrogens with one attached hydrogen (secondary N) is 1. The molecule has 1 aromatic carbocycles. The molecule has 2 heterocycles. The second kappa shape index (κ2) is 5.66. The van der Waals surface area contributed by atoms with Gasteiger partial charge in [0.2, 0.25) is 0 Å². The number of aromatic nitrogens is 2. The predicted octanol–water partition coefficient (Wildman–Crippen LogP) is 5.36. The highest BCUT2D eigenvalue weighted by molar-refractivity contribution is 7.14. The molecule has 0 fully saturated rings. The van der Waals surface area contributed by atoms with E-state index < -0.39 is 6.36 Å². The Morgan fingerprint density at radius 3 is 2.45 bits per heavy atom. The number of hydrogen-bond donors (Lipinski definition) is 1. The molecule has 0 aliphatic carbocycles. The predicted molar refractivity (Wildman–Crippen MR) is 79.0 cm³/mol. The first-order chi connectivity index (χ1) is 10.4. The Kier molecular flexibility index (Phi) is 3.84. The number of hydrogen-bond acceptors (Lipinski definition) is 3. The molecule has 0 bridgehead atoms. The van der Waals surface area contributed by atoms with Gasteiger partial charge >= 0.3 is 6.36 Å². The van der Waals surface area contributed by atoms with Crippen molar-refractivity contribution in [3.05, 3.63) is 46.9 Å². The molecule has 0 spiro atoms. The maximum atomic E-state index is 12.1. The Labute approximate surface area is 132 Å². The summed E-state index contributed by atoms with van der Waals surface area (Å²) in [4.78, 5) is 8.17. The topological polar surface area (TPSA) is 37.9 Å². The lowest BCUT2D eigenvalue weighted by molar-refractivity contribution is -0.274. The van der Waals surface area contributed by atoms with Crippen LogP contribution in [0.5, 0.6) is 5.75 Å². The number of H-pyrrole nitrogens is 1. The molecule has 0 saturated carbocycles. The molecule has 3 aromatic rings. The lowest BCUT2D eigenvalue weighted by Crippen LogP contribution is -2.16. The van der Waals surface area contributed by atoms with E-state index in [0.29, 0.717) is 16.4 Å². The Hall–Kier alpha value is -1.99. The van der Waals surface area contributed by atoms with Gasteiger partial charge in [0.25, 0.3) is 0 Å². The number of benzene rings is 1. The molecule has 1 N–H and O–H groups in total. The largest absolute Gasteiger partial charge is 0.573 e. The zero-order valence-corrected chi connectivity index (χ0v) is 12.4. The summed E-state index contributed by atoms with van der Waals surface area (Å²) >= 11 is 7.52. The minimum absolute atomic E-state index is 0.274. The zero-order chi connectivity index (χ0) is 15.7. The van der Waals surface area contributed by atoms with Gasteiger partial charge in [-0.2, -0.15) is 0 Å². The number of rotatable bonds is 3. The third-order valence-electron chi connectivity index (χ3n) is 2.80. The van der Waals surface area contributed by atoms with Crippen molar-refractivity contribution in [2.75, 3.05) is 0 Å². The molecule has 3 rings (SSSR count). The molecule has 3 nitrogen and oxygen atoms in total. The highest BCUT2D eigenvalue weighted by atomic mass is 35.5. The van der Waals surface area contributed by atoms with Crippen LogP contribution in [0.15, 0.2) is 41.9 Å². The average Bonchev–Trinajstić information content (AvgIpc) is 3.06. The van der Waals surface area contributed by atoms with Gasteiger partial charge in [0.1, 0.15) is 11.6 Å². The maximum absolute atomic E-state index is 12.1. The van der Waals surface area contributed by atoms with Gasteiger partial charge in [-0.15, -0.1) is 24.5 Å². The van der Waals surface area contributed by atoms with Gasteiger partial charge in [-0.05, 0) is 35.7 Å². The molecule has 8 heteroatoms. The summed E-state index contributed by atoms with van der Waals surface area (Å²) in [5.74, 6) is 0.266. The van der Waals surface area contributed by atoms with Gasteiger partial charge in [-0.3, -0.25) is 0 Å². The van der Waals surface area contributed by atoms with E-state index in [-0.39, 0.29) is 5.75 Å². The molecule has 0 unspecified atom stereocenters. The number of nitrogens with zero attached hydrogens (tertiary/aromatic N) is 1. The molecule has 114 valence electrons. The zero-order valence-electron chi connectivity index (χ0n) is 10.8. The number of ether oxygens (including phenoxy) is 1. The summed E-state index contributed by atoms with van der Waals surface area (Å²) < 4.78 is 40.2. The Morgan fingerprint density at radius 1 is 1.14 bits per heavy atom. The van der Waals surface area contributed by atoms with Crippen molar-refractivity contribution >= 4 is 22.9 Å². The van der Waals surface area contributed by atoms with Crippen LogP contribution in [-0.4, -0.2) is 16.3 Å². The van der Waals surface area contributed by atoms with E-state index in [0.717, 1.165) is 10.6 Å². The SMILES string of the molecule is FC(F)(F)Oc1ccc(-c2ncc(-c3sccc3Cl)[nH]2)cc1. The quantitative estimate of drug-likeness (QED) is 0.694. The lowest BCUT2D eigenvalue weighted by atomic mass is 10.2. The van der Waals surface area contributed by atoms with Crippen molar-refractivity contribution in [1.82, 2.24) is 9.97 Å². The Balaban J connectivity index is 1.83. The van der Waals surface area contributed by atoms with Gasteiger partial charge in [-0.1, -0.05) is 11.6 Å². The van der Waals surface area contributed by atoms with Crippen LogP contribution < -0.4 is 4.74 Å².